The lowest BCUT2D eigenvalue weighted by Crippen LogP contribution is -2.49. The van der Waals surface area contributed by atoms with Gasteiger partial charge in [0.25, 0.3) is 0 Å². The summed E-state index contributed by atoms with van der Waals surface area (Å²) in [6.45, 7) is 0. The Morgan fingerprint density at radius 2 is 0.722 bits per heavy atom. The fourth-order valence-corrected chi connectivity index (χ4v) is 6.45. The molecule has 0 aromatic heterocycles. The molecule has 0 saturated heterocycles. The standard InChI is InChI=1S/C18H24/c1-2-12-4-3-11(1)15-9-17-13-5-7-14(8-6-13)18(17)10-16(12)15/h1-2,5,7,11-18H,3-4,6,8-10H2. The molecule has 0 N–H and O–H groups in total. The van der Waals surface area contributed by atoms with Gasteiger partial charge in [-0.1, -0.05) is 24.3 Å². The second kappa shape index (κ2) is 3.52. The first kappa shape index (κ1) is 10.3. The topological polar surface area (TPSA) is 0 Å². The second-order valence-corrected chi connectivity index (χ2v) is 7.71. The molecule has 0 aromatic carbocycles. The summed E-state index contributed by atoms with van der Waals surface area (Å²) in [5.41, 5.74) is 0. The molecule has 3 saturated carbocycles. The van der Waals surface area contributed by atoms with Crippen LogP contribution in [0.25, 0.3) is 0 Å². The zero-order valence-electron chi connectivity index (χ0n) is 11.2. The molecule has 0 spiro atoms. The molecule has 0 nitrogen and oxygen atoms in total. The summed E-state index contributed by atoms with van der Waals surface area (Å²) in [5.74, 6) is 8.14. The van der Waals surface area contributed by atoms with Gasteiger partial charge in [-0.05, 0) is 85.9 Å². The summed E-state index contributed by atoms with van der Waals surface area (Å²) in [5, 5.41) is 0. The van der Waals surface area contributed by atoms with Crippen LogP contribution in [0.1, 0.15) is 38.5 Å². The molecule has 7 rings (SSSR count). The van der Waals surface area contributed by atoms with E-state index in [9.17, 15) is 0 Å². The summed E-state index contributed by atoms with van der Waals surface area (Å²) in [6, 6.07) is 0. The molecule has 8 unspecified atom stereocenters. The first-order valence-electron chi connectivity index (χ1n) is 8.27. The van der Waals surface area contributed by atoms with E-state index in [0.717, 1.165) is 47.3 Å². The molecule has 0 heterocycles. The van der Waals surface area contributed by atoms with Crippen LogP contribution in [0.2, 0.25) is 0 Å². The van der Waals surface area contributed by atoms with Crippen LogP contribution in [0, 0.1) is 47.3 Å². The average molecular weight is 240 g/mol. The van der Waals surface area contributed by atoms with Gasteiger partial charge in [0.2, 0.25) is 0 Å². The summed E-state index contributed by atoms with van der Waals surface area (Å²) < 4.78 is 0. The van der Waals surface area contributed by atoms with Crippen molar-refractivity contribution in [1.29, 1.82) is 0 Å². The van der Waals surface area contributed by atoms with Gasteiger partial charge in [0, 0.05) is 0 Å². The van der Waals surface area contributed by atoms with Crippen LogP contribution in [0.4, 0.5) is 0 Å². The third-order valence-corrected chi connectivity index (χ3v) is 7.27. The van der Waals surface area contributed by atoms with Crippen molar-refractivity contribution < 1.29 is 0 Å². The monoisotopic (exact) mass is 240 g/mol. The summed E-state index contributed by atoms with van der Waals surface area (Å²) in [4.78, 5) is 0. The highest BCUT2D eigenvalue weighted by atomic mass is 14.6. The van der Waals surface area contributed by atoms with Crippen LogP contribution in [-0.2, 0) is 0 Å². The quantitative estimate of drug-likeness (QED) is 0.549. The largest absolute Gasteiger partial charge is 0.0848 e. The molecule has 0 aromatic rings. The summed E-state index contributed by atoms with van der Waals surface area (Å²) in [6.07, 6.45) is 19.5. The van der Waals surface area contributed by atoms with Gasteiger partial charge in [0.15, 0.2) is 0 Å². The van der Waals surface area contributed by atoms with E-state index in [-0.39, 0.29) is 0 Å². The van der Waals surface area contributed by atoms with E-state index < -0.39 is 0 Å². The van der Waals surface area contributed by atoms with Crippen molar-refractivity contribution in [2.75, 3.05) is 0 Å². The SMILES string of the molecule is C1=CC2CCC1C1CC3C4C=CC(CC4)C3CC21. The maximum absolute atomic E-state index is 2.59. The Morgan fingerprint density at radius 1 is 0.444 bits per heavy atom. The fraction of sp³-hybridized carbons (Fsp3) is 0.778. The highest BCUT2D eigenvalue weighted by Gasteiger charge is 2.51. The van der Waals surface area contributed by atoms with Crippen molar-refractivity contribution in [3.8, 4) is 0 Å². The molecule has 0 aliphatic heterocycles. The molecular weight excluding hydrogens is 216 g/mol. The number of allylic oxidation sites excluding steroid dienone is 4. The Morgan fingerprint density at radius 3 is 0.944 bits per heavy atom. The molecular formula is C18H24. The molecule has 0 heteroatoms. The van der Waals surface area contributed by atoms with Gasteiger partial charge in [-0.25, -0.2) is 0 Å². The third-order valence-electron chi connectivity index (χ3n) is 7.27. The number of hydrogen-bond donors (Lipinski definition) is 0. The van der Waals surface area contributed by atoms with Crippen LogP contribution in [-0.4, -0.2) is 0 Å². The minimum absolute atomic E-state index is 0.963. The van der Waals surface area contributed by atoms with E-state index in [4.69, 9.17) is 0 Å². The van der Waals surface area contributed by atoms with Crippen molar-refractivity contribution >= 4 is 0 Å². The number of hydrogen-bond acceptors (Lipinski definition) is 0. The Labute approximate surface area is 111 Å². The molecule has 18 heavy (non-hydrogen) atoms. The van der Waals surface area contributed by atoms with Crippen LogP contribution < -0.4 is 0 Å². The Hall–Kier alpha value is -0.520. The predicted molar refractivity (Wildman–Crippen MR) is 73.9 cm³/mol. The van der Waals surface area contributed by atoms with E-state index in [0.29, 0.717) is 0 Å². The van der Waals surface area contributed by atoms with Crippen molar-refractivity contribution in [2.24, 2.45) is 47.3 Å². The van der Waals surface area contributed by atoms with E-state index in [1.165, 1.54) is 25.7 Å². The molecule has 7 aliphatic rings. The van der Waals surface area contributed by atoms with Gasteiger partial charge in [0.05, 0.1) is 0 Å². The number of rotatable bonds is 0. The fourth-order valence-electron chi connectivity index (χ4n) is 6.45. The van der Waals surface area contributed by atoms with Crippen molar-refractivity contribution in [3.05, 3.63) is 24.3 Å². The first-order chi connectivity index (χ1) is 8.90. The van der Waals surface area contributed by atoms with Gasteiger partial charge >= 0.3 is 0 Å². The van der Waals surface area contributed by atoms with Gasteiger partial charge in [0.1, 0.15) is 0 Å². The molecule has 7 aliphatic carbocycles. The third kappa shape index (κ3) is 1.22. The summed E-state index contributed by atoms with van der Waals surface area (Å²) >= 11 is 0. The van der Waals surface area contributed by atoms with Crippen LogP contribution in [0.5, 0.6) is 0 Å². The van der Waals surface area contributed by atoms with Crippen molar-refractivity contribution in [1.82, 2.24) is 0 Å². The zero-order valence-corrected chi connectivity index (χ0v) is 11.2. The maximum atomic E-state index is 2.59. The molecule has 96 valence electrons. The Bertz CT molecular complexity index is 342. The average Bonchev–Trinajstić information content (AvgIpc) is 2.48. The van der Waals surface area contributed by atoms with E-state index in [2.05, 4.69) is 24.3 Å². The van der Waals surface area contributed by atoms with Crippen molar-refractivity contribution in [3.63, 3.8) is 0 Å². The Kier molecular flexibility index (Phi) is 2.01. The van der Waals surface area contributed by atoms with E-state index in [1.807, 2.05) is 0 Å². The van der Waals surface area contributed by atoms with Crippen molar-refractivity contribution in [2.45, 2.75) is 38.5 Å². The molecule has 0 amide bonds. The molecule has 3 fully saturated rings. The zero-order chi connectivity index (χ0) is 11.7. The molecule has 0 radical (unpaired) electrons. The highest BCUT2D eigenvalue weighted by Crippen LogP contribution is 2.60. The van der Waals surface area contributed by atoms with Crippen LogP contribution in [0.3, 0.4) is 0 Å². The van der Waals surface area contributed by atoms with Gasteiger partial charge in [-0.2, -0.15) is 0 Å². The lowest BCUT2D eigenvalue weighted by atomic mass is 9.48. The summed E-state index contributed by atoms with van der Waals surface area (Å²) in [7, 11) is 0. The van der Waals surface area contributed by atoms with Gasteiger partial charge in [-0.15, -0.1) is 0 Å². The lowest BCUT2D eigenvalue weighted by molar-refractivity contribution is -0.0346. The second-order valence-electron chi connectivity index (χ2n) is 7.71. The Balaban J connectivity index is 1.50. The minimum Gasteiger partial charge on any atom is -0.0848 e. The van der Waals surface area contributed by atoms with Crippen LogP contribution >= 0.6 is 0 Å². The lowest BCUT2D eigenvalue weighted by Gasteiger charge is -2.57. The van der Waals surface area contributed by atoms with Gasteiger partial charge < -0.3 is 0 Å². The van der Waals surface area contributed by atoms with Gasteiger partial charge in [-0.3, -0.25) is 0 Å². The molecule has 8 atom stereocenters. The highest BCUT2D eigenvalue weighted by molar-refractivity contribution is 5.17. The smallest absolute Gasteiger partial charge is 0.0202 e. The maximum Gasteiger partial charge on any atom is -0.0202 e. The minimum atomic E-state index is 0.963. The predicted octanol–water partition coefficient (Wildman–Crippen LogP) is 4.44. The first-order valence-corrected chi connectivity index (χ1v) is 8.27. The van der Waals surface area contributed by atoms with Crippen LogP contribution in [0.15, 0.2) is 24.3 Å². The van der Waals surface area contributed by atoms with E-state index >= 15 is 0 Å². The normalized spacial score (nSPS) is 59.6. The number of fused-ring (bicyclic) bond motifs is 2. The molecule has 4 bridgehead atoms. The van der Waals surface area contributed by atoms with E-state index in [1.54, 1.807) is 12.8 Å².